The molecule has 0 saturated carbocycles. The first-order chi connectivity index (χ1) is 14.8. The minimum Gasteiger partial charge on any atom is -0.463 e. The van der Waals surface area contributed by atoms with E-state index in [9.17, 15) is 33.5 Å². The van der Waals surface area contributed by atoms with Crippen LogP contribution >= 0.6 is 29.4 Å². The van der Waals surface area contributed by atoms with E-state index < -0.39 is 68.9 Å². The summed E-state index contributed by atoms with van der Waals surface area (Å²) in [7, 11) is -2.31. The zero-order valence-electron chi connectivity index (χ0n) is 17.7. The Morgan fingerprint density at radius 3 is 2.12 bits per heavy atom. The fourth-order valence-corrected chi connectivity index (χ4v) is 4.39. The van der Waals surface area contributed by atoms with Crippen molar-refractivity contribution in [2.24, 2.45) is 0 Å². The number of phosphoric acid groups is 1. The number of phosphoric ester groups is 1. The number of carbonyl (C=O) groups is 4. The van der Waals surface area contributed by atoms with Gasteiger partial charge >= 0.3 is 25.7 Å². The van der Waals surface area contributed by atoms with Gasteiger partial charge in [-0.25, -0.2) is 4.57 Å². The molecule has 0 aromatic rings. The Morgan fingerprint density at radius 2 is 1.62 bits per heavy atom. The summed E-state index contributed by atoms with van der Waals surface area (Å²) in [6.45, 7) is 2.71. The van der Waals surface area contributed by atoms with Crippen LogP contribution in [0.5, 0.6) is 0 Å². The van der Waals surface area contributed by atoms with Crippen LogP contribution in [0.1, 0.15) is 27.2 Å². The highest BCUT2D eigenvalue weighted by Crippen LogP contribution is 2.41. The molecule has 1 aliphatic rings. The molecular formula is C16H26NO12PS2. The average molecular weight is 519 g/mol. The lowest BCUT2D eigenvalue weighted by Gasteiger charge is -2.44. The van der Waals surface area contributed by atoms with Gasteiger partial charge < -0.3 is 34.1 Å². The molecule has 3 N–H and O–H groups in total. The monoisotopic (exact) mass is 519 g/mol. The molecule has 0 aromatic heterocycles. The lowest BCUT2D eigenvalue weighted by atomic mass is 9.96. The van der Waals surface area contributed by atoms with E-state index >= 15 is 0 Å². The minimum absolute atomic E-state index is 0.0204. The fraction of sp³-hybridized carbons (Fsp3) is 0.750. The number of amides is 1. The van der Waals surface area contributed by atoms with Crippen molar-refractivity contribution in [3.05, 3.63) is 0 Å². The highest BCUT2D eigenvalue weighted by atomic mass is 33.1. The summed E-state index contributed by atoms with van der Waals surface area (Å²) in [6, 6.07) is -1.46. The second-order valence-electron chi connectivity index (χ2n) is 6.42. The predicted octanol–water partition coefficient (Wildman–Crippen LogP) is 0.133. The summed E-state index contributed by atoms with van der Waals surface area (Å²) >= 11 is 0. The summed E-state index contributed by atoms with van der Waals surface area (Å²) in [4.78, 5) is 65.6. The summed E-state index contributed by atoms with van der Waals surface area (Å²) in [5.41, 5.74) is 0. The van der Waals surface area contributed by atoms with E-state index in [1.165, 1.54) is 21.6 Å². The van der Waals surface area contributed by atoms with Crippen LogP contribution in [-0.4, -0.2) is 82.9 Å². The summed E-state index contributed by atoms with van der Waals surface area (Å²) in [5, 5.41) is 2.46. The maximum absolute atomic E-state index is 12.4. The van der Waals surface area contributed by atoms with E-state index in [1.807, 2.05) is 6.26 Å². The second-order valence-corrected chi connectivity index (χ2v) is 10.3. The average Bonchev–Trinajstić information content (AvgIpc) is 2.63. The number of rotatable bonds is 11. The van der Waals surface area contributed by atoms with Gasteiger partial charge in [0.1, 0.15) is 18.8 Å². The van der Waals surface area contributed by atoms with Gasteiger partial charge in [-0.3, -0.25) is 23.7 Å². The molecule has 1 aliphatic heterocycles. The highest BCUT2D eigenvalue weighted by molar-refractivity contribution is 8.76. The van der Waals surface area contributed by atoms with Crippen LogP contribution in [0.25, 0.3) is 0 Å². The van der Waals surface area contributed by atoms with E-state index in [4.69, 9.17) is 18.9 Å². The number of hydrogen-bond acceptors (Lipinski definition) is 12. The second kappa shape index (κ2) is 13.4. The molecule has 0 aromatic carbocycles. The molecule has 32 heavy (non-hydrogen) atoms. The highest BCUT2D eigenvalue weighted by Gasteiger charge is 2.52. The van der Waals surface area contributed by atoms with Gasteiger partial charge in [0, 0.05) is 32.9 Å². The van der Waals surface area contributed by atoms with Gasteiger partial charge in [0.15, 0.2) is 18.5 Å². The van der Waals surface area contributed by atoms with Crippen LogP contribution in [0.4, 0.5) is 0 Å². The molecule has 0 bridgehead atoms. The SMILES string of the molecule is CSSCCC(=O)NC1C(OP(=O)(O)O)OC(COC(C)=O)C(OC(C)=O)C1OC(C)=O. The molecule has 1 rings (SSSR count). The van der Waals surface area contributed by atoms with Crippen molar-refractivity contribution in [2.45, 2.75) is 57.8 Å². The molecular weight excluding hydrogens is 493 g/mol. The number of esters is 3. The van der Waals surface area contributed by atoms with Crippen molar-refractivity contribution >= 4 is 53.2 Å². The molecule has 1 amide bonds. The largest absolute Gasteiger partial charge is 0.472 e. The quantitative estimate of drug-likeness (QED) is 0.110. The fourth-order valence-electron chi connectivity index (χ4n) is 2.76. The van der Waals surface area contributed by atoms with Crippen LogP contribution in [0.3, 0.4) is 0 Å². The van der Waals surface area contributed by atoms with Crippen molar-refractivity contribution in [1.82, 2.24) is 5.32 Å². The van der Waals surface area contributed by atoms with Crippen molar-refractivity contribution in [3.63, 3.8) is 0 Å². The zero-order chi connectivity index (χ0) is 24.5. The van der Waals surface area contributed by atoms with Crippen LogP contribution in [0.2, 0.25) is 0 Å². The maximum Gasteiger partial charge on any atom is 0.472 e. The molecule has 0 radical (unpaired) electrons. The lowest BCUT2D eigenvalue weighted by Crippen LogP contribution is -2.66. The standard InChI is InChI=1S/C16H26NO12PS2/c1-8(18)25-7-11-14(26-9(2)19)15(27-10(3)20)13(16(28-11)29-30(22,23)24)17-12(21)5-6-32-31-4/h11,13-16H,5-7H2,1-4H3,(H,17,21)(H2,22,23,24). The topological polar surface area (TPSA) is 184 Å². The molecule has 0 spiro atoms. The lowest BCUT2D eigenvalue weighted by molar-refractivity contribution is -0.260. The van der Waals surface area contributed by atoms with Crippen LogP contribution in [-0.2, 0) is 47.2 Å². The third kappa shape index (κ3) is 10.5. The van der Waals surface area contributed by atoms with Crippen LogP contribution in [0.15, 0.2) is 0 Å². The Balaban J connectivity index is 3.31. The number of hydrogen-bond donors (Lipinski definition) is 3. The first-order valence-corrected chi connectivity index (χ1v) is 13.4. The van der Waals surface area contributed by atoms with Gasteiger partial charge in [-0.2, -0.15) is 0 Å². The van der Waals surface area contributed by atoms with Gasteiger partial charge in [0.25, 0.3) is 0 Å². The van der Waals surface area contributed by atoms with E-state index in [-0.39, 0.29) is 6.42 Å². The Bertz CT molecular complexity index is 732. The predicted molar refractivity (Wildman–Crippen MR) is 112 cm³/mol. The normalized spacial score (nSPS) is 25.5. The minimum atomic E-state index is -5.15. The van der Waals surface area contributed by atoms with E-state index in [2.05, 4.69) is 9.84 Å². The Kier molecular flexibility index (Phi) is 12.0. The molecule has 1 heterocycles. The van der Waals surface area contributed by atoms with E-state index in [0.29, 0.717) is 5.75 Å². The zero-order valence-corrected chi connectivity index (χ0v) is 20.3. The molecule has 184 valence electrons. The molecule has 1 saturated heterocycles. The summed E-state index contributed by atoms with van der Waals surface area (Å²) < 4.78 is 37.0. The van der Waals surface area contributed by atoms with Gasteiger partial charge in [0.2, 0.25) is 5.91 Å². The van der Waals surface area contributed by atoms with Gasteiger partial charge in [-0.05, 0) is 6.26 Å². The maximum atomic E-state index is 12.4. The van der Waals surface area contributed by atoms with Crippen molar-refractivity contribution in [2.75, 3.05) is 18.6 Å². The Morgan fingerprint density at radius 1 is 1.03 bits per heavy atom. The first kappa shape index (κ1) is 28.7. The third-order valence-electron chi connectivity index (χ3n) is 3.80. The molecule has 5 atom stereocenters. The van der Waals surface area contributed by atoms with Crippen LogP contribution in [0, 0.1) is 0 Å². The van der Waals surface area contributed by atoms with Crippen LogP contribution < -0.4 is 5.32 Å². The van der Waals surface area contributed by atoms with Gasteiger partial charge in [-0.15, -0.1) is 0 Å². The molecule has 16 heteroatoms. The number of nitrogens with one attached hydrogen (secondary N) is 1. The van der Waals surface area contributed by atoms with Crippen molar-refractivity contribution < 1.29 is 57.0 Å². The molecule has 5 unspecified atom stereocenters. The van der Waals surface area contributed by atoms with E-state index in [0.717, 1.165) is 20.8 Å². The first-order valence-electron chi connectivity index (χ1n) is 9.16. The Labute approximate surface area is 192 Å². The number of ether oxygens (including phenoxy) is 4. The summed E-state index contributed by atoms with van der Waals surface area (Å²) in [6.07, 6.45) is -4.18. The smallest absolute Gasteiger partial charge is 0.463 e. The third-order valence-corrected chi connectivity index (χ3v) is 6.10. The molecule has 0 aliphatic carbocycles. The summed E-state index contributed by atoms with van der Waals surface area (Å²) in [5.74, 6) is -2.50. The van der Waals surface area contributed by atoms with Gasteiger partial charge in [-0.1, -0.05) is 21.6 Å². The van der Waals surface area contributed by atoms with Crippen molar-refractivity contribution in [3.8, 4) is 0 Å². The number of carbonyl (C=O) groups excluding carboxylic acids is 4. The molecule has 1 fully saturated rings. The van der Waals surface area contributed by atoms with E-state index in [1.54, 1.807) is 0 Å². The van der Waals surface area contributed by atoms with Crippen molar-refractivity contribution in [1.29, 1.82) is 0 Å². The van der Waals surface area contributed by atoms with Gasteiger partial charge in [0.05, 0.1) is 0 Å². The Hall–Kier alpha value is -1.35. The molecule has 13 nitrogen and oxygen atoms in total.